The Morgan fingerprint density at radius 2 is 1.28 bits per heavy atom. The summed E-state index contributed by atoms with van der Waals surface area (Å²) in [6, 6.07) is 51.9. The molecule has 12 rings (SSSR count). The Labute approximate surface area is 304 Å². The minimum Gasteiger partial charge on any atom is -0.484 e. The van der Waals surface area contributed by atoms with E-state index in [1.165, 1.54) is 27.1 Å². The molecule has 0 radical (unpaired) electrons. The van der Waals surface area contributed by atoms with Crippen LogP contribution in [0.4, 0.5) is 0 Å². The third-order valence-corrected chi connectivity index (χ3v) is 11.2. The maximum atomic E-state index is 6.88. The smallest absolute Gasteiger partial charge is 0.235 e. The van der Waals surface area contributed by atoms with Gasteiger partial charge in [-0.15, -0.1) is 0 Å². The highest BCUT2D eigenvalue weighted by Gasteiger charge is 2.35. The fourth-order valence-corrected chi connectivity index (χ4v) is 8.90. The van der Waals surface area contributed by atoms with Crippen LogP contribution in [0.25, 0.3) is 88.2 Å². The van der Waals surface area contributed by atoms with Crippen molar-refractivity contribution in [3.05, 3.63) is 175 Å². The molecule has 0 fully saturated rings. The number of hydrogen-bond donors (Lipinski definition) is 0. The SMILES string of the molecule is C1=CC2Oc3c(ccc4c3c3ccc5c6ccccc6n(-c6ccc7ccccc7c6)c5c3n4-c3nc(-c4ccccc4)c4ccccc4n3)C2C=C1. The van der Waals surface area contributed by atoms with Crippen LogP contribution in [0.1, 0.15) is 11.5 Å². The van der Waals surface area contributed by atoms with Gasteiger partial charge in [-0.3, -0.25) is 4.57 Å². The van der Waals surface area contributed by atoms with Gasteiger partial charge in [-0.1, -0.05) is 133 Å². The molecule has 0 spiro atoms. The highest BCUT2D eigenvalue weighted by atomic mass is 16.5. The fourth-order valence-electron chi connectivity index (χ4n) is 8.90. The molecule has 0 N–H and O–H groups in total. The second-order valence-electron chi connectivity index (χ2n) is 14.1. The zero-order valence-electron chi connectivity index (χ0n) is 28.5. The first-order valence-electron chi connectivity index (χ1n) is 18.2. The zero-order chi connectivity index (χ0) is 34.6. The van der Waals surface area contributed by atoms with E-state index in [9.17, 15) is 0 Å². The van der Waals surface area contributed by atoms with Crippen molar-refractivity contribution in [3.63, 3.8) is 0 Å². The number of para-hydroxylation sites is 2. The fraction of sp³-hybridized carbons (Fsp3) is 0.0417. The summed E-state index contributed by atoms with van der Waals surface area (Å²) < 4.78 is 11.6. The van der Waals surface area contributed by atoms with Crippen molar-refractivity contribution >= 4 is 65.3 Å². The Morgan fingerprint density at radius 3 is 2.21 bits per heavy atom. The van der Waals surface area contributed by atoms with Gasteiger partial charge in [0.2, 0.25) is 5.95 Å². The average Bonchev–Trinajstić information content (AvgIpc) is 3.88. The van der Waals surface area contributed by atoms with Crippen molar-refractivity contribution in [2.45, 2.75) is 12.0 Å². The lowest BCUT2D eigenvalue weighted by Gasteiger charge is -2.14. The van der Waals surface area contributed by atoms with E-state index >= 15 is 0 Å². The Balaban J connectivity index is 1.28. The van der Waals surface area contributed by atoms with Gasteiger partial charge < -0.3 is 9.30 Å². The molecular formula is C48H30N4O. The van der Waals surface area contributed by atoms with Gasteiger partial charge in [0.05, 0.1) is 38.7 Å². The number of aromatic nitrogens is 4. The molecule has 1 aliphatic carbocycles. The molecule has 2 unspecified atom stereocenters. The highest BCUT2D eigenvalue weighted by Crippen LogP contribution is 2.50. The predicted molar refractivity (Wildman–Crippen MR) is 217 cm³/mol. The average molecular weight is 679 g/mol. The molecule has 53 heavy (non-hydrogen) atoms. The van der Waals surface area contributed by atoms with E-state index in [4.69, 9.17) is 14.7 Å². The van der Waals surface area contributed by atoms with Crippen LogP contribution < -0.4 is 4.74 Å². The number of rotatable bonds is 3. The first-order valence-corrected chi connectivity index (χ1v) is 18.2. The van der Waals surface area contributed by atoms with Crippen LogP contribution in [0, 0.1) is 0 Å². The third-order valence-electron chi connectivity index (χ3n) is 11.2. The number of nitrogens with zero attached hydrogens (tertiary/aromatic N) is 4. The minimum atomic E-state index is -0.0339. The molecule has 3 aromatic heterocycles. The van der Waals surface area contributed by atoms with Crippen molar-refractivity contribution < 1.29 is 4.74 Å². The number of fused-ring (bicyclic) bond motifs is 13. The molecule has 10 aromatic rings. The molecule has 1 aliphatic heterocycles. The lowest BCUT2D eigenvalue weighted by atomic mass is 9.91. The zero-order valence-corrected chi connectivity index (χ0v) is 28.5. The Kier molecular flexibility index (Phi) is 5.83. The van der Waals surface area contributed by atoms with Crippen molar-refractivity contribution in [2.75, 3.05) is 0 Å². The number of allylic oxidation sites excluding steroid dienone is 2. The Hall–Kier alpha value is -6.98. The molecule has 4 heterocycles. The van der Waals surface area contributed by atoms with E-state index in [0.29, 0.717) is 5.95 Å². The van der Waals surface area contributed by atoms with Crippen LogP contribution in [-0.4, -0.2) is 25.2 Å². The van der Waals surface area contributed by atoms with Crippen LogP contribution in [-0.2, 0) is 0 Å². The monoisotopic (exact) mass is 678 g/mol. The van der Waals surface area contributed by atoms with Crippen molar-refractivity contribution in [1.82, 2.24) is 19.1 Å². The normalized spacial score (nSPS) is 16.3. The summed E-state index contributed by atoms with van der Waals surface area (Å²) in [4.78, 5) is 10.8. The van der Waals surface area contributed by atoms with E-state index in [2.05, 4.69) is 173 Å². The van der Waals surface area contributed by atoms with Gasteiger partial charge in [0.25, 0.3) is 0 Å². The van der Waals surface area contributed by atoms with Gasteiger partial charge in [0.15, 0.2) is 0 Å². The van der Waals surface area contributed by atoms with Crippen molar-refractivity contribution in [3.8, 4) is 28.6 Å². The topological polar surface area (TPSA) is 44.9 Å². The van der Waals surface area contributed by atoms with Gasteiger partial charge in [-0.05, 0) is 47.2 Å². The summed E-state index contributed by atoms with van der Waals surface area (Å²) in [5.74, 6) is 1.74. The molecule has 2 atom stereocenters. The molecule has 7 aromatic carbocycles. The Morgan fingerprint density at radius 1 is 0.528 bits per heavy atom. The molecular weight excluding hydrogens is 649 g/mol. The van der Waals surface area contributed by atoms with Gasteiger partial charge >= 0.3 is 0 Å². The molecule has 5 heteroatoms. The maximum Gasteiger partial charge on any atom is 0.235 e. The Bertz CT molecular complexity index is 3220. The van der Waals surface area contributed by atoms with Crippen molar-refractivity contribution in [1.29, 1.82) is 0 Å². The first kappa shape index (κ1) is 28.7. The van der Waals surface area contributed by atoms with Crippen molar-refractivity contribution in [2.24, 2.45) is 0 Å². The van der Waals surface area contributed by atoms with Gasteiger partial charge in [0.1, 0.15) is 11.9 Å². The standard InChI is InChI=1S/C48H30N4O/c1-2-13-30(14-3-1)44-37-18-6-9-19-39(37)49-48(50-44)52-41-27-26-36-34-17-8-11-21-42(34)53-47(36)43(41)38-25-24-35-33-16-7-10-20-40(33)51(45(35)46(38)52)32-23-22-29-12-4-5-15-31(29)28-32/h1-28,34,42H. The lowest BCUT2D eigenvalue weighted by molar-refractivity contribution is 0.271. The predicted octanol–water partition coefficient (Wildman–Crippen LogP) is 11.6. The first-order chi connectivity index (χ1) is 26.3. The molecule has 0 saturated heterocycles. The van der Waals surface area contributed by atoms with Gasteiger partial charge in [-0.25, -0.2) is 9.97 Å². The van der Waals surface area contributed by atoms with Gasteiger partial charge in [0, 0.05) is 44.3 Å². The van der Waals surface area contributed by atoms with E-state index in [1.54, 1.807) is 0 Å². The molecule has 5 nitrogen and oxygen atoms in total. The largest absolute Gasteiger partial charge is 0.484 e. The van der Waals surface area contributed by atoms with E-state index in [0.717, 1.165) is 66.4 Å². The number of benzene rings is 7. The van der Waals surface area contributed by atoms with E-state index in [-0.39, 0.29) is 12.0 Å². The summed E-state index contributed by atoms with van der Waals surface area (Å²) >= 11 is 0. The molecule has 0 saturated carbocycles. The number of hydrogen-bond acceptors (Lipinski definition) is 3. The second kappa shape index (κ2) is 10.8. The lowest BCUT2D eigenvalue weighted by Crippen LogP contribution is -2.15. The van der Waals surface area contributed by atoms with Crippen LogP contribution >= 0.6 is 0 Å². The van der Waals surface area contributed by atoms with Gasteiger partial charge in [-0.2, -0.15) is 0 Å². The molecule has 248 valence electrons. The summed E-state index contributed by atoms with van der Waals surface area (Å²) in [6.07, 6.45) is 8.62. The minimum absolute atomic E-state index is 0.0339. The van der Waals surface area contributed by atoms with E-state index < -0.39 is 0 Å². The quantitative estimate of drug-likeness (QED) is 0.187. The van der Waals surface area contributed by atoms with Crippen LogP contribution in [0.5, 0.6) is 5.75 Å². The summed E-state index contributed by atoms with van der Waals surface area (Å²) in [5, 5.41) is 8.00. The van der Waals surface area contributed by atoms with Crippen LogP contribution in [0.15, 0.2) is 170 Å². The molecule has 2 aliphatic rings. The summed E-state index contributed by atoms with van der Waals surface area (Å²) in [5.41, 5.74) is 9.49. The van der Waals surface area contributed by atoms with Crippen LogP contribution in [0.2, 0.25) is 0 Å². The second-order valence-corrected chi connectivity index (χ2v) is 14.1. The molecule has 0 bridgehead atoms. The molecule has 0 amide bonds. The number of ether oxygens (including phenoxy) is 1. The van der Waals surface area contributed by atoms with Crippen LogP contribution in [0.3, 0.4) is 0 Å². The maximum absolute atomic E-state index is 6.88. The highest BCUT2D eigenvalue weighted by molar-refractivity contribution is 6.25. The summed E-state index contributed by atoms with van der Waals surface area (Å²) in [6.45, 7) is 0. The van der Waals surface area contributed by atoms with E-state index in [1.807, 2.05) is 6.07 Å². The third kappa shape index (κ3) is 4.02. The summed E-state index contributed by atoms with van der Waals surface area (Å²) in [7, 11) is 0.